The smallest absolute Gasteiger partial charge is 0.410 e. The van der Waals surface area contributed by atoms with E-state index in [1.54, 1.807) is 4.90 Å². The largest absolute Gasteiger partial charge is 0.445 e. The summed E-state index contributed by atoms with van der Waals surface area (Å²) >= 11 is 0. The van der Waals surface area contributed by atoms with Crippen molar-refractivity contribution in [2.45, 2.75) is 57.9 Å². The highest BCUT2D eigenvalue weighted by atomic mass is 16.6. The number of carbonyl (C=O) groups is 2. The van der Waals surface area contributed by atoms with E-state index in [1.807, 2.05) is 51.1 Å². The number of amides is 2. The number of hydrogen-bond donors (Lipinski definition) is 1. The van der Waals surface area contributed by atoms with Gasteiger partial charge in [0.2, 0.25) is 0 Å². The average Bonchev–Trinajstić information content (AvgIpc) is 2.62. The third-order valence-corrected chi connectivity index (χ3v) is 5.13. The Morgan fingerprint density at radius 1 is 1.07 bits per heavy atom. The molecule has 7 heteroatoms. The van der Waals surface area contributed by atoms with Crippen LogP contribution in [0.4, 0.5) is 9.59 Å². The molecule has 1 aliphatic heterocycles. The lowest BCUT2D eigenvalue weighted by molar-refractivity contribution is 0.0230. The van der Waals surface area contributed by atoms with Gasteiger partial charge in [0.1, 0.15) is 12.2 Å². The number of piperazine rings is 1. The zero-order valence-corrected chi connectivity index (χ0v) is 17.0. The molecule has 0 radical (unpaired) electrons. The zero-order chi connectivity index (χ0) is 20.1. The van der Waals surface area contributed by atoms with Crippen LogP contribution in [0.1, 0.15) is 39.2 Å². The van der Waals surface area contributed by atoms with E-state index in [0.29, 0.717) is 25.7 Å². The molecule has 1 aromatic rings. The van der Waals surface area contributed by atoms with Crippen LogP contribution in [0.2, 0.25) is 0 Å². The van der Waals surface area contributed by atoms with Crippen molar-refractivity contribution in [3.8, 4) is 0 Å². The first-order valence-corrected chi connectivity index (χ1v) is 9.99. The highest BCUT2D eigenvalue weighted by molar-refractivity contribution is 5.68. The SMILES string of the molecule is CC(C)(C)OC(=O)NC1CC(N2CCN(C(=O)OCc3ccccc3)CC2)C1. The van der Waals surface area contributed by atoms with Crippen molar-refractivity contribution < 1.29 is 19.1 Å². The quantitative estimate of drug-likeness (QED) is 0.857. The van der Waals surface area contributed by atoms with Crippen LogP contribution < -0.4 is 5.32 Å². The highest BCUT2D eigenvalue weighted by Crippen LogP contribution is 2.27. The monoisotopic (exact) mass is 389 g/mol. The molecule has 2 aliphatic rings. The van der Waals surface area contributed by atoms with E-state index in [9.17, 15) is 9.59 Å². The highest BCUT2D eigenvalue weighted by Gasteiger charge is 2.37. The number of carbonyl (C=O) groups excluding carboxylic acids is 2. The van der Waals surface area contributed by atoms with Gasteiger partial charge in [-0.15, -0.1) is 0 Å². The topological polar surface area (TPSA) is 71.1 Å². The molecule has 7 nitrogen and oxygen atoms in total. The Morgan fingerprint density at radius 2 is 1.71 bits per heavy atom. The van der Waals surface area contributed by atoms with Gasteiger partial charge in [0.25, 0.3) is 0 Å². The van der Waals surface area contributed by atoms with Crippen molar-refractivity contribution in [1.29, 1.82) is 0 Å². The Labute approximate surface area is 167 Å². The number of alkyl carbamates (subject to hydrolysis) is 1. The van der Waals surface area contributed by atoms with Gasteiger partial charge in [0.05, 0.1) is 0 Å². The molecule has 1 aliphatic carbocycles. The molecule has 2 fully saturated rings. The van der Waals surface area contributed by atoms with Gasteiger partial charge >= 0.3 is 12.2 Å². The van der Waals surface area contributed by atoms with Crippen molar-refractivity contribution in [1.82, 2.24) is 15.1 Å². The number of rotatable bonds is 4. The third kappa shape index (κ3) is 5.86. The standard InChI is InChI=1S/C21H31N3O4/c1-21(2,3)28-19(25)22-17-13-18(14-17)23-9-11-24(12-10-23)20(26)27-15-16-7-5-4-6-8-16/h4-8,17-18H,9-15H2,1-3H3,(H,22,25). The second-order valence-electron chi connectivity index (χ2n) is 8.53. The first-order valence-electron chi connectivity index (χ1n) is 9.99. The van der Waals surface area contributed by atoms with Gasteiger partial charge in [-0.1, -0.05) is 30.3 Å². The molecule has 0 spiro atoms. The van der Waals surface area contributed by atoms with Crippen molar-refractivity contribution in [2.75, 3.05) is 26.2 Å². The van der Waals surface area contributed by atoms with Gasteiger partial charge in [-0.05, 0) is 39.2 Å². The van der Waals surface area contributed by atoms with Crippen LogP contribution in [0.3, 0.4) is 0 Å². The molecule has 1 heterocycles. The van der Waals surface area contributed by atoms with Gasteiger partial charge in [-0.3, -0.25) is 4.90 Å². The summed E-state index contributed by atoms with van der Waals surface area (Å²) in [6.07, 6.45) is 1.26. The molecule has 2 amide bonds. The molecule has 0 unspecified atom stereocenters. The van der Waals surface area contributed by atoms with Crippen LogP contribution >= 0.6 is 0 Å². The van der Waals surface area contributed by atoms with Crippen molar-refractivity contribution in [2.24, 2.45) is 0 Å². The second kappa shape index (κ2) is 8.82. The maximum atomic E-state index is 12.2. The normalized spacial score (nSPS) is 22.9. The molecular formula is C21H31N3O4. The molecule has 1 saturated carbocycles. The molecule has 0 bridgehead atoms. The molecule has 0 aromatic heterocycles. The summed E-state index contributed by atoms with van der Waals surface area (Å²) in [6, 6.07) is 10.3. The second-order valence-corrected chi connectivity index (χ2v) is 8.53. The molecule has 154 valence electrons. The van der Waals surface area contributed by atoms with Crippen LogP contribution in [-0.2, 0) is 16.1 Å². The van der Waals surface area contributed by atoms with E-state index in [-0.39, 0.29) is 18.2 Å². The maximum absolute atomic E-state index is 12.2. The Balaban J connectivity index is 1.33. The minimum absolute atomic E-state index is 0.175. The first kappa shape index (κ1) is 20.5. The van der Waals surface area contributed by atoms with Gasteiger partial charge in [0.15, 0.2) is 0 Å². The van der Waals surface area contributed by atoms with Crippen LogP contribution in [-0.4, -0.2) is 65.9 Å². The number of benzene rings is 1. The predicted octanol–water partition coefficient (Wildman–Crippen LogP) is 3.00. The van der Waals surface area contributed by atoms with Crippen LogP contribution in [0.25, 0.3) is 0 Å². The van der Waals surface area contributed by atoms with Crippen LogP contribution in [0.15, 0.2) is 30.3 Å². The van der Waals surface area contributed by atoms with Crippen molar-refractivity contribution in [3.05, 3.63) is 35.9 Å². The lowest BCUT2D eigenvalue weighted by Gasteiger charge is -2.46. The molecule has 1 aromatic carbocycles. The van der Waals surface area contributed by atoms with E-state index in [1.165, 1.54) is 0 Å². The fourth-order valence-electron chi connectivity index (χ4n) is 3.56. The van der Waals surface area contributed by atoms with Crippen molar-refractivity contribution in [3.63, 3.8) is 0 Å². The summed E-state index contributed by atoms with van der Waals surface area (Å²) in [4.78, 5) is 28.2. The van der Waals surface area contributed by atoms with Gasteiger partial charge in [-0.2, -0.15) is 0 Å². The molecular weight excluding hydrogens is 358 g/mol. The summed E-state index contributed by atoms with van der Waals surface area (Å²) in [7, 11) is 0. The Kier molecular flexibility index (Phi) is 6.44. The number of nitrogens with zero attached hydrogens (tertiary/aromatic N) is 2. The van der Waals surface area contributed by atoms with E-state index in [2.05, 4.69) is 10.2 Å². The molecule has 28 heavy (non-hydrogen) atoms. The minimum atomic E-state index is -0.474. The lowest BCUT2D eigenvalue weighted by atomic mass is 9.85. The predicted molar refractivity (Wildman–Crippen MR) is 106 cm³/mol. The average molecular weight is 389 g/mol. The Morgan fingerprint density at radius 3 is 2.32 bits per heavy atom. The Hall–Kier alpha value is -2.28. The number of hydrogen-bond acceptors (Lipinski definition) is 5. The maximum Gasteiger partial charge on any atom is 0.410 e. The fraction of sp³-hybridized carbons (Fsp3) is 0.619. The van der Waals surface area contributed by atoms with E-state index >= 15 is 0 Å². The molecule has 0 atom stereocenters. The fourth-order valence-corrected chi connectivity index (χ4v) is 3.56. The van der Waals surface area contributed by atoms with Crippen molar-refractivity contribution >= 4 is 12.2 Å². The summed E-state index contributed by atoms with van der Waals surface area (Å²) in [5, 5.41) is 2.93. The molecule has 1 N–H and O–H groups in total. The third-order valence-electron chi connectivity index (χ3n) is 5.13. The first-order chi connectivity index (χ1) is 13.3. The van der Waals surface area contributed by atoms with E-state index in [0.717, 1.165) is 31.5 Å². The van der Waals surface area contributed by atoms with Gasteiger partial charge in [0, 0.05) is 38.3 Å². The van der Waals surface area contributed by atoms with E-state index < -0.39 is 5.60 Å². The van der Waals surface area contributed by atoms with Crippen LogP contribution in [0, 0.1) is 0 Å². The molecule has 1 saturated heterocycles. The van der Waals surface area contributed by atoms with Crippen LogP contribution in [0.5, 0.6) is 0 Å². The minimum Gasteiger partial charge on any atom is -0.445 e. The zero-order valence-electron chi connectivity index (χ0n) is 17.0. The van der Waals surface area contributed by atoms with Gasteiger partial charge in [-0.25, -0.2) is 9.59 Å². The summed E-state index contributed by atoms with van der Waals surface area (Å²) < 4.78 is 10.7. The van der Waals surface area contributed by atoms with E-state index in [4.69, 9.17) is 9.47 Å². The number of nitrogens with one attached hydrogen (secondary N) is 1. The summed E-state index contributed by atoms with van der Waals surface area (Å²) in [5.74, 6) is 0. The summed E-state index contributed by atoms with van der Waals surface area (Å²) in [6.45, 7) is 8.92. The summed E-state index contributed by atoms with van der Waals surface area (Å²) in [5.41, 5.74) is 0.520. The molecule has 3 rings (SSSR count). The lowest BCUT2D eigenvalue weighted by Crippen LogP contribution is -2.59. The number of ether oxygens (including phenoxy) is 2. The Bertz CT molecular complexity index is 660. The van der Waals surface area contributed by atoms with Gasteiger partial charge < -0.3 is 19.7 Å².